The molecule has 10 nitrogen and oxygen atoms in total. The van der Waals surface area contributed by atoms with Crippen LogP contribution in [0.5, 0.6) is 5.88 Å². The van der Waals surface area contributed by atoms with Gasteiger partial charge in [0.15, 0.2) is 5.65 Å². The van der Waals surface area contributed by atoms with E-state index < -0.39 is 0 Å². The molecule has 0 saturated carbocycles. The average molecular weight is 657 g/mol. The number of carbonyl (C=O) groups excluding carboxylic acids is 1. The number of aromatic nitrogens is 3. The summed E-state index contributed by atoms with van der Waals surface area (Å²) in [6, 6.07) is 20.3. The molecule has 1 fully saturated rings. The van der Waals surface area contributed by atoms with Gasteiger partial charge in [-0.2, -0.15) is 0 Å². The maximum Gasteiger partial charge on any atom is 0.416 e. The molecule has 2 aromatic carbocycles. The van der Waals surface area contributed by atoms with Crippen molar-refractivity contribution >= 4 is 11.7 Å². The molecular weight excluding hydrogens is 604 g/mol. The van der Waals surface area contributed by atoms with E-state index in [-0.39, 0.29) is 6.09 Å². The number of methoxy groups -OCH3 is 1. The summed E-state index contributed by atoms with van der Waals surface area (Å²) in [4.78, 5) is 28.3. The van der Waals surface area contributed by atoms with Gasteiger partial charge in [0.2, 0.25) is 5.88 Å². The summed E-state index contributed by atoms with van der Waals surface area (Å²) in [5, 5.41) is 3.19. The van der Waals surface area contributed by atoms with Crippen molar-refractivity contribution in [3.05, 3.63) is 95.6 Å². The Morgan fingerprint density at radius 1 is 0.979 bits per heavy atom. The first kappa shape index (κ1) is 36.6. The van der Waals surface area contributed by atoms with Crippen molar-refractivity contribution in [3.8, 4) is 17.1 Å². The molecule has 1 aliphatic rings. The molecule has 0 aliphatic carbocycles. The number of fused-ring (bicyclic) bond motifs is 1. The molecule has 5 rings (SSSR count). The lowest BCUT2D eigenvalue weighted by Crippen LogP contribution is -2.40. The number of hydrogen-bond acceptors (Lipinski definition) is 8. The number of amides is 1. The fraction of sp³-hybridized carbons (Fsp3) is 0.447. The number of imidazole rings is 1. The van der Waals surface area contributed by atoms with E-state index in [1.807, 2.05) is 97.9 Å². The minimum Gasteiger partial charge on any atom is -0.501 e. The number of nitrogens with one attached hydrogen (secondary N) is 1. The van der Waals surface area contributed by atoms with E-state index in [9.17, 15) is 4.79 Å². The largest absolute Gasteiger partial charge is 0.501 e. The monoisotopic (exact) mass is 656 g/mol. The van der Waals surface area contributed by atoms with Gasteiger partial charge in [-0.05, 0) is 45.0 Å². The SMILES string of the molecule is C/C=C(/Cc1nc2c(Cc3ccccc3)nc(-c3ccccc3)cn2c1OC(=O)N(CCCNC)CCCN1CCOCC1)OC.CC. The van der Waals surface area contributed by atoms with Crippen LogP contribution >= 0.6 is 0 Å². The number of carbonyl (C=O) groups is 1. The summed E-state index contributed by atoms with van der Waals surface area (Å²) in [6.07, 6.45) is 6.06. The standard InChI is InChI=1S/C36H46N6O4.C2H6/c1-4-30(44-3)26-32-35(46-36(43)41(19-11-17-37-2)20-12-18-40-21-23-45-24-22-40)42-27-33(29-15-9-6-10-16-29)38-31(34(42)39-32)25-28-13-7-5-8-14-28;1-2/h4-10,13-16,27,37H,11-12,17-26H2,1-3H3;1-2H3/b30-4-;. The second-order valence-corrected chi connectivity index (χ2v) is 11.4. The highest BCUT2D eigenvalue weighted by Crippen LogP contribution is 2.30. The predicted octanol–water partition coefficient (Wildman–Crippen LogP) is 6.24. The molecule has 0 bridgehead atoms. The van der Waals surface area contributed by atoms with Crippen molar-refractivity contribution in [2.45, 2.75) is 46.5 Å². The van der Waals surface area contributed by atoms with Crippen molar-refractivity contribution in [2.24, 2.45) is 0 Å². The fourth-order valence-corrected chi connectivity index (χ4v) is 5.67. The van der Waals surface area contributed by atoms with Gasteiger partial charge in [-0.15, -0.1) is 0 Å². The zero-order valence-corrected chi connectivity index (χ0v) is 29.3. The number of rotatable bonds is 15. The third-order valence-electron chi connectivity index (χ3n) is 8.21. The van der Waals surface area contributed by atoms with Crippen LogP contribution in [0.15, 0.2) is 78.7 Å². The van der Waals surface area contributed by atoms with E-state index in [4.69, 9.17) is 24.2 Å². The van der Waals surface area contributed by atoms with Gasteiger partial charge in [-0.25, -0.2) is 14.8 Å². The Balaban J connectivity index is 0.00000255. The topological polar surface area (TPSA) is 93.5 Å². The Kier molecular flexibility index (Phi) is 14.9. The highest BCUT2D eigenvalue weighted by Gasteiger charge is 2.25. The summed E-state index contributed by atoms with van der Waals surface area (Å²) < 4.78 is 19.4. The summed E-state index contributed by atoms with van der Waals surface area (Å²) in [5.74, 6) is 1.12. The first-order chi connectivity index (χ1) is 23.6. The van der Waals surface area contributed by atoms with Crippen molar-refractivity contribution in [3.63, 3.8) is 0 Å². The van der Waals surface area contributed by atoms with Crippen LogP contribution in [0.25, 0.3) is 16.9 Å². The molecule has 1 aliphatic heterocycles. The molecule has 48 heavy (non-hydrogen) atoms. The molecule has 0 unspecified atom stereocenters. The lowest BCUT2D eigenvalue weighted by molar-refractivity contribution is 0.0362. The number of ether oxygens (including phenoxy) is 3. The second-order valence-electron chi connectivity index (χ2n) is 11.4. The summed E-state index contributed by atoms with van der Waals surface area (Å²) in [7, 11) is 3.57. The molecule has 258 valence electrons. The summed E-state index contributed by atoms with van der Waals surface area (Å²) >= 11 is 0. The maximum absolute atomic E-state index is 14.0. The van der Waals surface area contributed by atoms with Crippen LogP contribution < -0.4 is 10.1 Å². The van der Waals surface area contributed by atoms with Crippen molar-refractivity contribution in [1.82, 2.24) is 29.5 Å². The fourth-order valence-electron chi connectivity index (χ4n) is 5.67. The minimum absolute atomic E-state index is 0.375. The van der Waals surface area contributed by atoms with Crippen molar-refractivity contribution in [1.29, 1.82) is 0 Å². The van der Waals surface area contributed by atoms with Gasteiger partial charge >= 0.3 is 6.09 Å². The second kappa shape index (κ2) is 19.5. The Morgan fingerprint density at radius 2 is 1.67 bits per heavy atom. The van der Waals surface area contributed by atoms with Crippen LogP contribution in [0.4, 0.5) is 4.79 Å². The van der Waals surface area contributed by atoms with Crippen LogP contribution in [-0.2, 0) is 22.3 Å². The molecular formula is C38H52N6O4. The number of allylic oxidation sites excluding steroid dienone is 2. The Morgan fingerprint density at radius 3 is 2.33 bits per heavy atom. The first-order valence-corrected chi connectivity index (χ1v) is 17.2. The van der Waals surface area contributed by atoms with E-state index in [0.29, 0.717) is 43.2 Å². The summed E-state index contributed by atoms with van der Waals surface area (Å²) in [5.41, 5.74) is 4.93. The van der Waals surface area contributed by atoms with Gasteiger partial charge in [0.1, 0.15) is 5.69 Å². The van der Waals surface area contributed by atoms with Gasteiger partial charge < -0.3 is 24.4 Å². The van der Waals surface area contributed by atoms with E-state index >= 15 is 0 Å². The highest BCUT2D eigenvalue weighted by atomic mass is 16.6. The highest BCUT2D eigenvalue weighted by molar-refractivity contribution is 5.72. The normalized spacial score (nSPS) is 13.6. The third kappa shape index (κ3) is 10.1. The molecule has 1 saturated heterocycles. The average Bonchev–Trinajstić information content (AvgIpc) is 3.48. The quantitative estimate of drug-likeness (QED) is 0.119. The van der Waals surface area contributed by atoms with Gasteiger partial charge in [0, 0.05) is 50.9 Å². The van der Waals surface area contributed by atoms with E-state index in [0.717, 1.165) is 80.5 Å². The van der Waals surface area contributed by atoms with Crippen molar-refractivity contribution in [2.75, 3.05) is 66.6 Å². The molecule has 3 heterocycles. The molecule has 1 amide bonds. The van der Waals surface area contributed by atoms with Crippen LogP contribution in [0.2, 0.25) is 0 Å². The lowest BCUT2D eigenvalue weighted by Gasteiger charge is -2.28. The van der Waals surface area contributed by atoms with E-state index in [2.05, 4.69) is 22.3 Å². The first-order valence-electron chi connectivity index (χ1n) is 17.2. The van der Waals surface area contributed by atoms with Crippen LogP contribution in [0, 0.1) is 0 Å². The van der Waals surface area contributed by atoms with Gasteiger partial charge in [0.05, 0.1) is 43.9 Å². The third-order valence-corrected chi connectivity index (χ3v) is 8.21. The van der Waals surface area contributed by atoms with Gasteiger partial charge in [-0.1, -0.05) is 74.5 Å². The Hall–Kier alpha value is -4.25. The molecule has 0 atom stereocenters. The van der Waals surface area contributed by atoms with Crippen LogP contribution in [-0.4, -0.2) is 96.9 Å². The zero-order chi connectivity index (χ0) is 34.1. The van der Waals surface area contributed by atoms with Crippen molar-refractivity contribution < 1.29 is 19.0 Å². The molecule has 10 heteroatoms. The van der Waals surface area contributed by atoms with E-state index in [1.165, 1.54) is 0 Å². The Labute approximate surface area is 285 Å². The molecule has 2 aromatic heterocycles. The van der Waals surface area contributed by atoms with Gasteiger partial charge in [0.25, 0.3) is 0 Å². The summed E-state index contributed by atoms with van der Waals surface area (Å²) in [6.45, 7) is 12.2. The smallest absolute Gasteiger partial charge is 0.416 e. The predicted molar refractivity (Wildman–Crippen MR) is 192 cm³/mol. The Bertz CT molecular complexity index is 1570. The van der Waals surface area contributed by atoms with Crippen LogP contribution in [0.1, 0.15) is 50.6 Å². The molecule has 0 radical (unpaired) electrons. The molecule has 0 spiro atoms. The number of hydrogen-bond donors (Lipinski definition) is 1. The van der Waals surface area contributed by atoms with E-state index in [1.54, 1.807) is 7.11 Å². The molecule has 1 N–H and O–H groups in total. The van der Waals surface area contributed by atoms with Gasteiger partial charge in [-0.3, -0.25) is 9.30 Å². The maximum atomic E-state index is 14.0. The molecule has 4 aromatic rings. The van der Waals surface area contributed by atoms with Crippen LogP contribution in [0.3, 0.4) is 0 Å². The lowest BCUT2D eigenvalue weighted by atomic mass is 10.1. The number of morpholine rings is 1. The minimum atomic E-state index is -0.386. The number of benzene rings is 2. The number of nitrogens with zero attached hydrogens (tertiary/aromatic N) is 5. The zero-order valence-electron chi connectivity index (χ0n) is 29.3.